The highest BCUT2D eigenvalue weighted by Crippen LogP contribution is 2.04. The van der Waals surface area contributed by atoms with E-state index in [2.05, 4.69) is 13.8 Å². The van der Waals surface area contributed by atoms with Crippen LogP contribution in [0.5, 0.6) is 5.75 Å². The molecule has 0 aliphatic rings. The van der Waals surface area contributed by atoms with E-state index >= 15 is 0 Å². The quantitative estimate of drug-likeness (QED) is 0.666. The summed E-state index contributed by atoms with van der Waals surface area (Å²) in [6.07, 6.45) is 6.01. The van der Waals surface area contributed by atoms with Gasteiger partial charge in [0.2, 0.25) is 0 Å². The fraction of sp³-hybridized carbons (Fsp3) is 0.615. The lowest BCUT2D eigenvalue weighted by Crippen LogP contribution is -2.21. The van der Waals surface area contributed by atoms with Gasteiger partial charge in [0.05, 0.1) is 6.61 Å². The van der Waals surface area contributed by atoms with Gasteiger partial charge in [0.15, 0.2) is 5.75 Å². The first-order valence-electron chi connectivity index (χ1n) is 6.11. The molecule has 16 heavy (non-hydrogen) atoms. The number of rotatable bonds is 7. The van der Waals surface area contributed by atoms with Gasteiger partial charge in [-0.25, -0.2) is 0 Å². The predicted molar refractivity (Wildman–Crippen MR) is 66.0 cm³/mol. The topological polar surface area (TPSA) is 31.2 Å². The summed E-state index contributed by atoms with van der Waals surface area (Å²) in [5, 5.41) is 0. The van der Waals surface area contributed by atoms with Crippen molar-refractivity contribution in [2.24, 2.45) is 0 Å². The molecule has 0 saturated carbocycles. The van der Waals surface area contributed by atoms with Gasteiger partial charge >= 0.3 is 0 Å². The highest BCUT2D eigenvalue weighted by atomic mass is 16.5. The average Bonchev–Trinajstić information content (AvgIpc) is 2.30. The summed E-state index contributed by atoms with van der Waals surface area (Å²) >= 11 is 0. The van der Waals surface area contributed by atoms with E-state index in [-0.39, 0.29) is 5.56 Å². The monoisotopic (exact) mass is 223 g/mol. The van der Waals surface area contributed by atoms with Crippen molar-refractivity contribution in [1.29, 1.82) is 0 Å². The van der Waals surface area contributed by atoms with Gasteiger partial charge in [0, 0.05) is 12.7 Å². The molecule has 0 amide bonds. The van der Waals surface area contributed by atoms with Gasteiger partial charge in [0.1, 0.15) is 0 Å². The Hall–Kier alpha value is -1.25. The molecule has 0 spiro atoms. The van der Waals surface area contributed by atoms with Gasteiger partial charge in [-0.05, 0) is 25.0 Å². The standard InChI is InChI=1S/C13H21NO2/c1-3-5-9-14-10-7-8-12(13(14)15)16-11-6-4-2/h7-8,10H,3-6,9,11H2,1-2H3. The molecule has 0 unspecified atom stereocenters. The van der Waals surface area contributed by atoms with Crippen molar-refractivity contribution in [3.63, 3.8) is 0 Å². The number of nitrogens with zero attached hydrogens (tertiary/aromatic N) is 1. The van der Waals surface area contributed by atoms with Gasteiger partial charge < -0.3 is 9.30 Å². The van der Waals surface area contributed by atoms with Crippen LogP contribution in [0, 0.1) is 0 Å². The highest BCUT2D eigenvalue weighted by molar-refractivity contribution is 5.17. The van der Waals surface area contributed by atoms with Crippen molar-refractivity contribution in [3.05, 3.63) is 28.7 Å². The molecule has 90 valence electrons. The molecule has 0 atom stereocenters. The molecule has 0 aliphatic carbocycles. The summed E-state index contributed by atoms with van der Waals surface area (Å²) in [6.45, 7) is 5.63. The Labute approximate surface area is 97.1 Å². The maximum absolute atomic E-state index is 11.9. The molecule has 0 fully saturated rings. The summed E-state index contributed by atoms with van der Waals surface area (Å²) in [6, 6.07) is 3.62. The largest absolute Gasteiger partial charge is 0.488 e. The molecule has 1 rings (SSSR count). The SMILES string of the molecule is CCCCOc1cccn(CCCC)c1=O. The first kappa shape index (κ1) is 12.8. The normalized spacial score (nSPS) is 10.4. The van der Waals surface area contributed by atoms with E-state index < -0.39 is 0 Å². The van der Waals surface area contributed by atoms with E-state index in [1.165, 1.54) is 0 Å². The van der Waals surface area contributed by atoms with E-state index in [1.807, 2.05) is 12.3 Å². The van der Waals surface area contributed by atoms with Crippen LogP contribution in [0.15, 0.2) is 23.1 Å². The van der Waals surface area contributed by atoms with E-state index in [4.69, 9.17) is 4.74 Å². The van der Waals surface area contributed by atoms with Crippen LogP contribution < -0.4 is 10.3 Å². The number of hydrogen-bond donors (Lipinski definition) is 0. The second-order valence-electron chi connectivity index (χ2n) is 3.93. The summed E-state index contributed by atoms with van der Waals surface area (Å²) in [5.74, 6) is 0.479. The smallest absolute Gasteiger partial charge is 0.292 e. The van der Waals surface area contributed by atoms with Gasteiger partial charge in [0.25, 0.3) is 5.56 Å². The summed E-state index contributed by atoms with van der Waals surface area (Å²) in [4.78, 5) is 11.9. The minimum atomic E-state index is -0.00736. The van der Waals surface area contributed by atoms with Crippen LogP contribution in [0.3, 0.4) is 0 Å². The molecule has 0 saturated heterocycles. The van der Waals surface area contributed by atoms with Crippen LogP contribution in [-0.2, 0) is 6.54 Å². The molecule has 0 N–H and O–H groups in total. The third-order valence-electron chi connectivity index (χ3n) is 2.49. The molecular weight excluding hydrogens is 202 g/mol. The summed E-state index contributed by atoms with van der Waals surface area (Å²) in [7, 11) is 0. The molecule has 1 heterocycles. The number of aromatic nitrogens is 1. The second kappa shape index (κ2) is 7.09. The van der Waals surface area contributed by atoms with E-state index in [0.29, 0.717) is 12.4 Å². The van der Waals surface area contributed by atoms with Gasteiger partial charge in [-0.3, -0.25) is 4.79 Å². The zero-order valence-electron chi connectivity index (χ0n) is 10.2. The zero-order valence-corrected chi connectivity index (χ0v) is 10.2. The predicted octanol–water partition coefficient (Wildman–Crippen LogP) is 2.83. The summed E-state index contributed by atoms with van der Waals surface area (Å²) in [5.41, 5.74) is -0.00736. The van der Waals surface area contributed by atoms with Crippen LogP contribution in [0.2, 0.25) is 0 Å². The number of pyridine rings is 1. The van der Waals surface area contributed by atoms with Crippen molar-refractivity contribution >= 4 is 0 Å². The van der Waals surface area contributed by atoms with Crippen LogP contribution in [0.4, 0.5) is 0 Å². The Kier molecular flexibility index (Phi) is 5.68. The van der Waals surface area contributed by atoms with Gasteiger partial charge in [-0.2, -0.15) is 0 Å². The van der Waals surface area contributed by atoms with Crippen molar-refractivity contribution in [2.45, 2.75) is 46.1 Å². The third kappa shape index (κ3) is 3.72. The van der Waals surface area contributed by atoms with Crippen LogP contribution in [0.25, 0.3) is 0 Å². The Morgan fingerprint density at radius 2 is 2.00 bits per heavy atom. The lowest BCUT2D eigenvalue weighted by atomic mass is 10.3. The molecule has 0 aromatic carbocycles. The molecule has 3 heteroatoms. The fourth-order valence-corrected chi connectivity index (χ4v) is 1.46. The number of ether oxygens (including phenoxy) is 1. The van der Waals surface area contributed by atoms with Crippen LogP contribution in [-0.4, -0.2) is 11.2 Å². The number of unbranched alkanes of at least 4 members (excludes halogenated alkanes) is 2. The number of aryl methyl sites for hydroxylation is 1. The maximum Gasteiger partial charge on any atom is 0.292 e. The minimum Gasteiger partial charge on any atom is -0.488 e. The van der Waals surface area contributed by atoms with Crippen molar-refractivity contribution in [1.82, 2.24) is 4.57 Å². The van der Waals surface area contributed by atoms with Gasteiger partial charge in [-0.15, -0.1) is 0 Å². The molecule has 1 aromatic heterocycles. The van der Waals surface area contributed by atoms with Crippen LogP contribution in [0.1, 0.15) is 39.5 Å². The number of hydrogen-bond acceptors (Lipinski definition) is 2. The van der Waals surface area contributed by atoms with Crippen molar-refractivity contribution < 1.29 is 4.74 Å². The Morgan fingerprint density at radius 1 is 1.25 bits per heavy atom. The lowest BCUT2D eigenvalue weighted by Gasteiger charge is -2.08. The zero-order chi connectivity index (χ0) is 11.8. The maximum atomic E-state index is 11.9. The highest BCUT2D eigenvalue weighted by Gasteiger charge is 2.03. The van der Waals surface area contributed by atoms with E-state index in [0.717, 1.165) is 32.2 Å². The van der Waals surface area contributed by atoms with Crippen molar-refractivity contribution in [3.8, 4) is 5.75 Å². The molecule has 0 radical (unpaired) electrons. The first-order valence-corrected chi connectivity index (χ1v) is 6.11. The molecular formula is C13H21NO2. The molecule has 0 bridgehead atoms. The van der Waals surface area contributed by atoms with Gasteiger partial charge in [-0.1, -0.05) is 26.7 Å². The first-order chi connectivity index (χ1) is 7.79. The van der Waals surface area contributed by atoms with Crippen LogP contribution >= 0.6 is 0 Å². The Balaban J connectivity index is 2.66. The Bertz CT molecular complexity index is 357. The fourth-order valence-electron chi connectivity index (χ4n) is 1.46. The molecule has 0 aliphatic heterocycles. The lowest BCUT2D eigenvalue weighted by molar-refractivity contribution is 0.302. The minimum absolute atomic E-state index is 0.00736. The third-order valence-corrected chi connectivity index (χ3v) is 2.49. The second-order valence-corrected chi connectivity index (χ2v) is 3.93. The molecule has 1 aromatic rings. The van der Waals surface area contributed by atoms with E-state index in [9.17, 15) is 4.79 Å². The summed E-state index contributed by atoms with van der Waals surface area (Å²) < 4.78 is 7.19. The Morgan fingerprint density at radius 3 is 2.69 bits per heavy atom. The average molecular weight is 223 g/mol. The van der Waals surface area contributed by atoms with Crippen molar-refractivity contribution in [2.75, 3.05) is 6.61 Å². The van der Waals surface area contributed by atoms with E-state index in [1.54, 1.807) is 10.6 Å². The molecule has 3 nitrogen and oxygen atoms in total.